The molecule has 0 atom stereocenters. The first-order valence-corrected chi connectivity index (χ1v) is 10.7. The van der Waals surface area contributed by atoms with E-state index in [0.29, 0.717) is 18.7 Å². The van der Waals surface area contributed by atoms with Gasteiger partial charge in [-0.3, -0.25) is 0 Å². The highest BCUT2D eigenvalue weighted by Crippen LogP contribution is 2.21. The van der Waals surface area contributed by atoms with E-state index in [1.807, 2.05) is 19.0 Å². The maximum atomic E-state index is 11.8. The Balaban J connectivity index is 1.77. The molecular formula is C26H35NO2. The summed E-state index contributed by atoms with van der Waals surface area (Å²) < 4.78 is 5.30. The van der Waals surface area contributed by atoms with Crippen molar-refractivity contribution in [3.8, 4) is 11.1 Å². The number of likely N-dealkylation sites (N-methyl/N-ethyl adjacent to an activating group) is 1. The minimum atomic E-state index is -0.299. The van der Waals surface area contributed by atoms with Crippen LogP contribution in [0.15, 0.2) is 60.7 Å². The standard InChI is InChI=1S/C26H35NO2/c1-5-6-7-9-22-11-15-24(16-12-22)25-17-13-23(14-18-25)10-8-19-29-26(28)21(2)20-27(3)4/h11-18H,2,5-10,19-20H2,1,3-4H3. The van der Waals surface area contributed by atoms with Crippen LogP contribution in [0.1, 0.15) is 43.7 Å². The van der Waals surface area contributed by atoms with Gasteiger partial charge in [0, 0.05) is 12.1 Å². The number of nitrogens with zero attached hydrogens (tertiary/aromatic N) is 1. The second-order valence-electron chi connectivity index (χ2n) is 7.93. The quantitative estimate of drug-likeness (QED) is 0.264. The third-order valence-corrected chi connectivity index (χ3v) is 4.95. The maximum absolute atomic E-state index is 11.8. The van der Waals surface area contributed by atoms with Gasteiger partial charge in [0.25, 0.3) is 0 Å². The highest BCUT2D eigenvalue weighted by Gasteiger charge is 2.09. The third kappa shape index (κ3) is 8.25. The van der Waals surface area contributed by atoms with Gasteiger partial charge in [0.15, 0.2) is 0 Å². The number of hydrogen-bond acceptors (Lipinski definition) is 3. The summed E-state index contributed by atoms with van der Waals surface area (Å²) in [5.74, 6) is -0.299. The molecule has 0 aliphatic rings. The van der Waals surface area contributed by atoms with Gasteiger partial charge in [-0.15, -0.1) is 0 Å². The van der Waals surface area contributed by atoms with Crippen LogP contribution < -0.4 is 0 Å². The van der Waals surface area contributed by atoms with E-state index in [2.05, 4.69) is 62.0 Å². The van der Waals surface area contributed by atoms with Gasteiger partial charge in [0.05, 0.1) is 6.61 Å². The van der Waals surface area contributed by atoms with Gasteiger partial charge in [-0.05, 0) is 62.0 Å². The summed E-state index contributed by atoms with van der Waals surface area (Å²) in [6, 6.07) is 17.6. The van der Waals surface area contributed by atoms with Crippen molar-refractivity contribution >= 4 is 5.97 Å². The number of carbonyl (C=O) groups excluding carboxylic acids is 1. The van der Waals surface area contributed by atoms with Gasteiger partial charge in [-0.2, -0.15) is 0 Å². The molecule has 3 nitrogen and oxygen atoms in total. The van der Waals surface area contributed by atoms with Crippen molar-refractivity contribution in [2.45, 2.75) is 45.4 Å². The predicted octanol–water partition coefficient (Wildman–Crippen LogP) is 5.68. The van der Waals surface area contributed by atoms with Crippen molar-refractivity contribution in [3.05, 3.63) is 71.8 Å². The normalized spacial score (nSPS) is 10.9. The molecule has 0 aliphatic heterocycles. The van der Waals surface area contributed by atoms with Crippen LogP contribution in [0, 0.1) is 0 Å². The Kier molecular flexibility index (Phi) is 9.66. The van der Waals surface area contributed by atoms with Gasteiger partial charge >= 0.3 is 5.97 Å². The molecule has 2 aromatic carbocycles. The van der Waals surface area contributed by atoms with Crippen LogP contribution in [0.5, 0.6) is 0 Å². The number of rotatable bonds is 12. The van der Waals surface area contributed by atoms with E-state index in [-0.39, 0.29) is 5.97 Å². The number of unbranched alkanes of at least 4 members (excludes halogenated alkanes) is 2. The van der Waals surface area contributed by atoms with E-state index >= 15 is 0 Å². The lowest BCUT2D eigenvalue weighted by Gasteiger charge is -2.11. The first-order valence-electron chi connectivity index (χ1n) is 10.7. The van der Waals surface area contributed by atoms with Crippen molar-refractivity contribution in [1.29, 1.82) is 0 Å². The van der Waals surface area contributed by atoms with E-state index in [4.69, 9.17) is 4.74 Å². The summed E-state index contributed by atoms with van der Waals surface area (Å²) >= 11 is 0. The van der Waals surface area contributed by atoms with Crippen LogP contribution in [0.25, 0.3) is 11.1 Å². The number of hydrogen-bond donors (Lipinski definition) is 0. The zero-order chi connectivity index (χ0) is 21.1. The molecule has 156 valence electrons. The number of aryl methyl sites for hydroxylation is 2. The van der Waals surface area contributed by atoms with E-state index in [1.54, 1.807) is 0 Å². The van der Waals surface area contributed by atoms with Crippen LogP contribution in [-0.2, 0) is 22.4 Å². The fourth-order valence-corrected chi connectivity index (χ4v) is 3.30. The first-order chi connectivity index (χ1) is 14.0. The highest BCUT2D eigenvalue weighted by atomic mass is 16.5. The third-order valence-electron chi connectivity index (χ3n) is 4.95. The molecule has 3 heteroatoms. The predicted molar refractivity (Wildman–Crippen MR) is 122 cm³/mol. The second kappa shape index (κ2) is 12.2. The molecule has 29 heavy (non-hydrogen) atoms. The molecule has 0 radical (unpaired) electrons. The highest BCUT2D eigenvalue weighted by molar-refractivity contribution is 5.88. The summed E-state index contributed by atoms with van der Waals surface area (Å²) in [5, 5.41) is 0. The Morgan fingerprint density at radius 1 is 0.862 bits per heavy atom. The molecule has 0 saturated heterocycles. The van der Waals surface area contributed by atoms with Crippen molar-refractivity contribution in [2.24, 2.45) is 0 Å². The molecule has 0 aromatic heterocycles. The van der Waals surface area contributed by atoms with Crippen LogP contribution in [0.2, 0.25) is 0 Å². The van der Waals surface area contributed by atoms with Gasteiger partial charge in [-0.1, -0.05) is 74.9 Å². The molecule has 0 unspecified atom stereocenters. The Bertz CT molecular complexity index is 760. The number of ether oxygens (including phenoxy) is 1. The number of carbonyl (C=O) groups is 1. The van der Waals surface area contributed by atoms with E-state index in [9.17, 15) is 4.79 Å². The van der Waals surface area contributed by atoms with E-state index < -0.39 is 0 Å². The van der Waals surface area contributed by atoms with E-state index in [0.717, 1.165) is 12.8 Å². The van der Waals surface area contributed by atoms with Gasteiger partial charge in [-0.25, -0.2) is 4.79 Å². The zero-order valence-corrected chi connectivity index (χ0v) is 18.2. The summed E-state index contributed by atoms with van der Waals surface area (Å²) in [6.07, 6.45) is 6.70. The van der Waals surface area contributed by atoms with Crippen molar-refractivity contribution in [1.82, 2.24) is 4.90 Å². The number of benzene rings is 2. The van der Waals surface area contributed by atoms with Crippen molar-refractivity contribution < 1.29 is 9.53 Å². The average molecular weight is 394 g/mol. The fourth-order valence-electron chi connectivity index (χ4n) is 3.30. The smallest absolute Gasteiger partial charge is 0.334 e. The summed E-state index contributed by atoms with van der Waals surface area (Å²) in [5.41, 5.74) is 5.66. The van der Waals surface area contributed by atoms with Crippen LogP contribution in [0.3, 0.4) is 0 Å². The van der Waals surface area contributed by atoms with E-state index in [1.165, 1.54) is 47.9 Å². The Labute approximate surface area is 176 Å². The lowest BCUT2D eigenvalue weighted by Crippen LogP contribution is -2.21. The molecule has 0 spiro atoms. The topological polar surface area (TPSA) is 29.5 Å². The van der Waals surface area contributed by atoms with Crippen LogP contribution in [0.4, 0.5) is 0 Å². The summed E-state index contributed by atoms with van der Waals surface area (Å²) in [4.78, 5) is 13.7. The van der Waals surface area contributed by atoms with Gasteiger partial charge in [0.2, 0.25) is 0 Å². The lowest BCUT2D eigenvalue weighted by molar-refractivity contribution is -0.139. The minimum Gasteiger partial charge on any atom is -0.462 e. The summed E-state index contributed by atoms with van der Waals surface area (Å²) in [6.45, 7) is 6.97. The SMILES string of the molecule is C=C(CN(C)C)C(=O)OCCCc1ccc(-c2ccc(CCCCC)cc2)cc1. The molecular weight excluding hydrogens is 358 g/mol. The zero-order valence-electron chi connectivity index (χ0n) is 18.2. The molecule has 2 rings (SSSR count). The Morgan fingerprint density at radius 3 is 1.86 bits per heavy atom. The summed E-state index contributed by atoms with van der Waals surface area (Å²) in [7, 11) is 3.81. The largest absolute Gasteiger partial charge is 0.462 e. The molecule has 0 fully saturated rings. The minimum absolute atomic E-state index is 0.299. The molecule has 0 amide bonds. The molecule has 2 aromatic rings. The van der Waals surface area contributed by atoms with Gasteiger partial charge in [0.1, 0.15) is 0 Å². The van der Waals surface area contributed by atoms with Gasteiger partial charge < -0.3 is 9.64 Å². The molecule has 0 aliphatic carbocycles. The van der Waals surface area contributed by atoms with Crippen molar-refractivity contribution in [2.75, 3.05) is 27.2 Å². The first kappa shape index (κ1) is 22.9. The number of esters is 1. The molecule has 0 N–H and O–H groups in total. The molecule has 0 heterocycles. The monoisotopic (exact) mass is 393 g/mol. The Hall–Kier alpha value is -2.39. The average Bonchev–Trinajstić information content (AvgIpc) is 2.72. The maximum Gasteiger partial charge on any atom is 0.334 e. The van der Waals surface area contributed by atoms with Crippen LogP contribution >= 0.6 is 0 Å². The van der Waals surface area contributed by atoms with Crippen LogP contribution in [-0.4, -0.2) is 38.1 Å². The second-order valence-corrected chi connectivity index (χ2v) is 7.93. The van der Waals surface area contributed by atoms with Crippen molar-refractivity contribution in [3.63, 3.8) is 0 Å². The molecule has 0 saturated carbocycles. The lowest BCUT2D eigenvalue weighted by atomic mass is 9.99. The fraction of sp³-hybridized carbons (Fsp3) is 0.423. The Morgan fingerprint density at radius 2 is 1.38 bits per heavy atom. The molecule has 0 bridgehead atoms.